The number of carboxylic acid groups (broad SMARTS) is 1. The van der Waals surface area contributed by atoms with Crippen molar-refractivity contribution in [3.8, 4) is 6.07 Å². The van der Waals surface area contributed by atoms with Gasteiger partial charge in [-0.15, -0.1) is 0 Å². The van der Waals surface area contributed by atoms with Crippen LogP contribution in [0, 0.1) is 17.2 Å². The molecular formula is C11H17N3O4. The first-order valence-electron chi connectivity index (χ1n) is 5.75. The van der Waals surface area contributed by atoms with Gasteiger partial charge < -0.3 is 20.1 Å². The third-order valence-corrected chi connectivity index (χ3v) is 2.71. The number of amides is 2. The summed E-state index contributed by atoms with van der Waals surface area (Å²) in [6, 6.07) is 0.525. The van der Waals surface area contributed by atoms with Gasteiger partial charge in [-0.2, -0.15) is 5.26 Å². The van der Waals surface area contributed by atoms with E-state index in [-0.39, 0.29) is 19.1 Å². The second-order valence-corrected chi connectivity index (χ2v) is 4.44. The third-order valence-electron chi connectivity index (χ3n) is 2.71. The monoisotopic (exact) mass is 255 g/mol. The van der Waals surface area contributed by atoms with Gasteiger partial charge >= 0.3 is 12.0 Å². The minimum atomic E-state index is -1.07. The van der Waals surface area contributed by atoms with Crippen molar-refractivity contribution in [3.05, 3.63) is 0 Å². The number of urea groups is 1. The molecule has 1 rings (SSSR count). The standard InChI is InChI=1S/C11H17N3O4/c1-7(2)9(10(15)16)13-11(17)14-3-4-18-8(5-12)6-14/h7-9H,3-4,6H2,1-2H3,(H,13,17)(H,15,16)/t8?,9-/m0/s1. The highest BCUT2D eigenvalue weighted by Crippen LogP contribution is 2.07. The maximum Gasteiger partial charge on any atom is 0.326 e. The van der Waals surface area contributed by atoms with Gasteiger partial charge in [0.2, 0.25) is 0 Å². The van der Waals surface area contributed by atoms with Crippen LogP contribution < -0.4 is 5.32 Å². The molecule has 0 radical (unpaired) electrons. The number of hydrogen-bond acceptors (Lipinski definition) is 4. The van der Waals surface area contributed by atoms with E-state index >= 15 is 0 Å². The van der Waals surface area contributed by atoms with Gasteiger partial charge in [0, 0.05) is 6.54 Å². The first-order valence-corrected chi connectivity index (χ1v) is 5.75. The molecule has 0 bridgehead atoms. The average molecular weight is 255 g/mol. The SMILES string of the molecule is CC(C)[C@H](NC(=O)N1CCOC(C#N)C1)C(=O)O. The first kappa shape index (κ1) is 14.3. The smallest absolute Gasteiger partial charge is 0.326 e. The summed E-state index contributed by atoms with van der Waals surface area (Å²) in [6.07, 6.45) is -0.646. The van der Waals surface area contributed by atoms with Gasteiger partial charge in [-0.05, 0) is 5.92 Å². The van der Waals surface area contributed by atoms with Crippen LogP contribution in [0.15, 0.2) is 0 Å². The summed E-state index contributed by atoms with van der Waals surface area (Å²) in [7, 11) is 0. The predicted octanol–water partition coefficient (Wildman–Crippen LogP) is 0.0296. The van der Waals surface area contributed by atoms with E-state index in [1.807, 2.05) is 6.07 Å². The molecule has 1 aliphatic heterocycles. The van der Waals surface area contributed by atoms with E-state index in [2.05, 4.69) is 5.32 Å². The molecule has 0 saturated carbocycles. The van der Waals surface area contributed by atoms with Crippen molar-refractivity contribution < 1.29 is 19.4 Å². The molecule has 1 unspecified atom stereocenters. The Morgan fingerprint density at radius 3 is 2.72 bits per heavy atom. The van der Waals surface area contributed by atoms with Crippen molar-refractivity contribution in [1.29, 1.82) is 5.26 Å². The Kier molecular flexibility index (Phi) is 4.92. The fourth-order valence-corrected chi connectivity index (χ4v) is 1.65. The van der Waals surface area contributed by atoms with Gasteiger partial charge in [0.1, 0.15) is 6.04 Å². The normalized spacial score (nSPS) is 21.2. The molecule has 0 aromatic carbocycles. The summed E-state index contributed by atoms with van der Waals surface area (Å²) in [6.45, 7) is 4.24. The molecule has 100 valence electrons. The zero-order chi connectivity index (χ0) is 13.7. The van der Waals surface area contributed by atoms with Crippen molar-refractivity contribution in [3.63, 3.8) is 0 Å². The van der Waals surface area contributed by atoms with Crippen LogP contribution in [0.1, 0.15) is 13.8 Å². The first-order chi connectivity index (χ1) is 8.45. The highest BCUT2D eigenvalue weighted by molar-refractivity contribution is 5.82. The van der Waals surface area contributed by atoms with E-state index < -0.39 is 24.1 Å². The molecule has 18 heavy (non-hydrogen) atoms. The largest absolute Gasteiger partial charge is 0.480 e. The van der Waals surface area contributed by atoms with E-state index in [0.29, 0.717) is 6.54 Å². The van der Waals surface area contributed by atoms with Crippen LogP contribution in [0.3, 0.4) is 0 Å². The lowest BCUT2D eigenvalue weighted by Crippen LogP contribution is -2.54. The number of carbonyl (C=O) groups is 2. The molecule has 1 aliphatic rings. The number of aliphatic carboxylic acids is 1. The number of hydrogen-bond donors (Lipinski definition) is 2. The Morgan fingerprint density at radius 2 is 2.22 bits per heavy atom. The Hall–Kier alpha value is -1.81. The van der Waals surface area contributed by atoms with E-state index in [1.54, 1.807) is 13.8 Å². The summed E-state index contributed by atoms with van der Waals surface area (Å²) in [5.41, 5.74) is 0. The molecule has 2 N–H and O–H groups in total. The van der Waals surface area contributed by atoms with Crippen molar-refractivity contribution in [2.24, 2.45) is 5.92 Å². The third kappa shape index (κ3) is 3.60. The summed E-state index contributed by atoms with van der Waals surface area (Å²) in [5, 5.41) is 20.2. The maximum absolute atomic E-state index is 11.9. The van der Waals surface area contributed by atoms with Gasteiger partial charge in [-0.1, -0.05) is 13.8 Å². The van der Waals surface area contributed by atoms with Gasteiger partial charge in [0.05, 0.1) is 19.2 Å². The number of nitrogens with one attached hydrogen (secondary N) is 1. The molecule has 0 aromatic rings. The van der Waals surface area contributed by atoms with Crippen LogP contribution in [-0.2, 0) is 9.53 Å². The van der Waals surface area contributed by atoms with Crippen LogP contribution in [0.4, 0.5) is 4.79 Å². The highest BCUT2D eigenvalue weighted by Gasteiger charge is 2.29. The number of ether oxygens (including phenoxy) is 1. The Morgan fingerprint density at radius 1 is 1.56 bits per heavy atom. The molecule has 1 saturated heterocycles. The molecule has 0 aromatic heterocycles. The second kappa shape index (κ2) is 6.21. The van der Waals surface area contributed by atoms with Gasteiger partial charge in [0.25, 0.3) is 0 Å². The minimum Gasteiger partial charge on any atom is -0.480 e. The average Bonchev–Trinajstić information content (AvgIpc) is 2.34. The Bertz CT molecular complexity index is 364. The summed E-state index contributed by atoms with van der Waals surface area (Å²) in [4.78, 5) is 24.2. The number of morpholine rings is 1. The number of rotatable bonds is 3. The summed E-state index contributed by atoms with van der Waals surface area (Å²) in [5.74, 6) is -1.28. The molecular weight excluding hydrogens is 238 g/mol. The molecule has 7 nitrogen and oxygen atoms in total. The van der Waals surface area contributed by atoms with E-state index in [0.717, 1.165) is 0 Å². The lowest BCUT2D eigenvalue weighted by molar-refractivity contribution is -0.140. The lowest BCUT2D eigenvalue weighted by atomic mass is 10.1. The maximum atomic E-state index is 11.9. The van der Waals surface area contributed by atoms with Crippen molar-refractivity contribution in [2.45, 2.75) is 26.0 Å². The summed E-state index contributed by atoms with van der Waals surface area (Å²) >= 11 is 0. The molecule has 0 spiro atoms. The fourth-order valence-electron chi connectivity index (χ4n) is 1.65. The highest BCUT2D eigenvalue weighted by atomic mass is 16.5. The van der Waals surface area contributed by atoms with Gasteiger partial charge in [0.15, 0.2) is 6.10 Å². The van der Waals surface area contributed by atoms with E-state index in [4.69, 9.17) is 15.1 Å². The van der Waals surface area contributed by atoms with Crippen molar-refractivity contribution >= 4 is 12.0 Å². The number of nitrogens with zero attached hydrogens (tertiary/aromatic N) is 2. The molecule has 0 aliphatic carbocycles. The quantitative estimate of drug-likeness (QED) is 0.740. The predicted molar refractivity (Wildman–Crippen MR) is 61.7 cm³/mol. The van der Waals surface area contributed by atoms with Crippen LogP contribution >= 0.6 is 0 Å². The van der Waals surface area contributed by atoms with E-state index in [9.17, 15) is 9.59 Å². The van der Waals surface area contributed by atoms with Crippen molar-refractivity contribution in [2.75, 3.05) is 19.7 Å². The Labute approximate surface area is 105 Å². The second-order valence-electron chi connectivity index (χ2n) is 4.44. The lowest BCUT2D eigenvalue weighted by Gasteiger charge is -2.31. The molecule has 7 heteroatoms. The van der Waals surface area contributed by atoms with Crippen LogP contribution in [-0.4, -0.2) is 53.8 Å². The van der Waals surface area contributed by atoms with Crippen LogP contribution in [0.5, 0.6) is 0 Å². The molecule has 2 atom stereocenters. The van der Waals surface area contributed by atoms with Gasteiger partial charge in [-0.25, -0.2) is 9.59 Å². The number of nitriles is 1. The summed E-state index contributed by atoms with van der Waals surface area (Å²) < 4.78 is 5.11. The number of carboxylic acids is 1. The van der Waals surface area contributed by atoms with E-state index in [1.165, 1.54) is 4.90 Å². The molecule has 1 heterocycles. The topological polar surface area (TPSA) is 103 Å². The number of carbonyl (C=O) groups excluding carboxylic acids is 1. The minimum absolute atomic E-state index is 0.159. The molecule has 2 amide bonds. The Balaban J connectivity index is 2.59. The zero-order valence-corrected chi connectivity index (χ0v) is 10.4. The van der Waals surface area contributed by atoms with Crippen LogP contribution in [0.25, 0.3) is 0 Å². The van der Waals surface area contributed by atoms with Crippen molar-refractivity contribution in [1.82, 2.24) is 10.2 Å². The van der Waals surface area contributed by atoms with Crippen LogP contribution in [0.2, 0.25) is 0 Å². The molecule has 1 fully saturated rings. The van der Waals surface area contributed by atoms with Gasteiger partial charge in [-0.3, -0.25) is 0 Å². The fraction of sp³-hybridized carbons (Fsp3) is 0.727. The zero-order valence-electron chi connectivity index (χ0n) is 10.4.